The molecule has 0 aromatic heterocycles. The van der Waals surface area contributed by atoms with Crippen molar-refractivity contribution in [3.05, 3.63) is 29.3 Å². The lowest BCUT2D eigenvalue weighted by molar-refractivity contribution is -0.132. The van der Waals surface area contributed by atoms with Crippen LogP contribution in [-0.4, -0.2) is 45.1 Å². The van der Waals surface area contributed by atoms with Crippen molar-refractivity contribution in [2.75, 3.05) is 30.2 Å². The highest BCUT2D eigenvalue weighted by molar-refractivity contribution is 7.92. The lowest BCUT2D eigenvalue weighted by atomic mass is 9.98. The van der Waals surface area contributed by atoms with E-state index in [9.17, 15) is 13.2 Å². The second-order valence-electron chi connectivity index (χ2n) is 7.84. The van der Waals surface area contributed by atoms with Gasteiger partial charge in [0.25, 0.3) is 0 Å². The van der Waals surface area contributed by atoms with Gasteiger partial charge in [0, 0.05) is 26.1 Å². The number of aryl methyl sites for hydroxylation is 1. The van der Waals surface area contributed by atoms with Crippen molar-refractivity contribution in [1.82, 2.24) is 4.90 Å². The summed E-state index contributed by atoms with van der Waals surface area (Å²) in [6.45, 7) is 9.94. The maximum absolute atomic E-state index is 12.6. The number of anilines is 1. The first-order chi connectivity index (χ1) is 12.1. The van der Waals surface area contributed by atoms with Crippen molar-refractivity contribution in [2.24, 2.45) is 5.92 Å². The normalized spacial score (nSPS) is 18.2. The predicted octanol–water partition coefficient (Wildman–Crippen LogP) is 3.53. The summed E-state index contributed by atoms with van der Waals surface area (Å²) in [5, 5.41) is 0. The first-order valence-corrected chi connectivity index (χ1v) is 11.3. The van der Waals surface area contributed by atoms with Crippen molar-refractivity contribution < 1.29 is 13.2 Å². The number of piperidine rings is 1. The molecule has 1 fully saturated rings. The number of sulfonamides is 1. The zero-order valence-corrected chi connectivity index (χ0v) is 17.5. The molecule has 1 atom stereocenters. The van der Waals surface area contributed by atoms with E-state index in [4.69, 9.17) is 0 Å². The van der Waals surface area contributed by atoms with Gasteiger partial charge < -0.3 is 4.90 Å². The fraction of sp³-hybridized carbons (Fsp3) is 0.650. The molecule has 0 bridgehead atoms. The van der Waals surface area contributed by atoms with Crippen LogP contribution in [0.1, 0.15) is 57.1 Å². The molecule has 5 nitrogen and oxygen atoms in total. The summed E-state index contributed by atoms with van der Waals surface area (Å²) in [6, 6.07) is 5.85. The van der Waals surface area contributed by atoms with E-state index in [1.54, 1.807) is 0 Å². The van der Waals surface area contributed by atoms with Gasteiger partial charge in [-0.15, -0.1) is 0 Å². The third kappa shape index (κ3) is 5.00. The van der Waals surface area contributed by atoms with Crippen LogP contribution in [0.15, 0.2) is 18.2 Å². The molecule has 0 radical (unpaired) electrons. The van der Waals surface area contributed by atoms with E-state index in [2.05, 4.69) is 20.8 Å². The number of hydrogen-bond acceptors (Lipinski definition) is 3. The van der Waals surface area contributed by atoms with Crippen LogP contribution in [0.3, 0.4) is 0 Å². The maximum Gasteiger partial charge on any atom is 0.232 e. The second-order valence-corrected chi connectivity index (χ2v) is 9.75. The predicted molar refractivity (Wildman–Crippen MR) is 107 cm³/mol. The van der Waals surface area contributed by atoms with E-state index in [0.717, 1.165) is 42.7 Å². The summed E-state index contributed by atoms with van der Waals surface area (Å²) in [5.74, 6) is 0.764. The Balaban J connectivity index is 2.24. The molecule has 0 spiro atoms. The van der Waals surface area contributed by atoms with E-state index < -0.39 is 10.0 Å². The van der Waals surface area contributed by atoms with Crippen molar-refractivity contribution in [3.63, 3.8) is 0 Å². The number of amides is 1. The van der Waals surface area contributed by atoms with Crippen LogP contribution < -0.4 is 4.31 Å². The molecule has 1 aromatic rings. The molecule has 0 aliphatic carbocycles. The van der Waals surface area contributed by atoms with Crippen LogP contribution in [0.2, 0.25) is 0 Å². The lowest BCUT2D eigenvalue weighted by Crippen LogP contribution is -2.41. The molecule has 1 unspecified atom stereocenters. The largest absolute Gasteiger partial charge is 0.342 e. The highest BCUT2D eigenvalue weighted by Gasteiger charge is 2.26. The highest BCUT2D eigenvalue weighted by atomic mass is 32.2. The first-order valence-electron chi connectivity index (χ1n) is 9.46. The van der Waals surface area contributed by atoms with E-state index >= 15 is 0 Å². The summed E-state index contributed by atoms with van der Waals surface area (Å²) < 4.78 is 26.4. The Bertz CT molecular complexity index is 743. The molecule has 1 saturated heterocycles. The topological polar surface area (TPSA) is 57.7 Å². The Hall–Kier alpha value is -1.56. The summed E-state index contributed by atoms with van der Waals surface area (Å²) in [6.07, 6.45) is 3.61. The van der Waals surface area contributed by atoms with Gasteiger partial charge in [-0.2, -0.15) is 0 Å². The van der Waals surface area contributed by atoms with E-state index in [1.165, 1.54) is 10.6 Å². The summed E-state index contributed by atoms with van der Waals surface area (Å²) in [4.78, 5) is 14.5. The molecular formula is C20H32N2O3S. The number of nitrogens with zero attached hydrogens (tertiary/aromatic N) is 2. The molecule has 1 aliphatic heterocycles. The number of rotatable bonds is 6. The number of carbonyl (C=O) groups is 1. The Morgan fingerprint density at radius 3 is 2.62 bits per heavy atom. The van der Waals surface area contributed by atoms with Crippen LogP contribution in [-0.2, 0) is 14.8 Å². The molecule has 1 aromatic carbocycles. The van der Waals surface area contributed by atoms with Gasteiger partial charge in [0.2, 0.25) is 15.9 Å². The minimum absolute atomic E-state index is 0.0462. The van der Waals surface area contributed by atoms with Gasteiger partial charge in [-0.25, -0.2) is 8.42 Å². The lowest BCUT2D eigenvalue weighted by Gasteiger charge is -2.32. The maximum atomic E-state index is 12.6. The second kappa shape index (κ2) is 8.42. The highest BCUT2D eigenvalue weighted by Crippen LogP contribution is 2.32. The Kier molecular flexibility index (Phi) is 6.72. The molecule has 26 heavy (non-hydrogen) atoms. The van der Waals surface area contributed by atoms with Crippen molar-refractivity contribution in [2.45, 2.75) is 52.9 Å². The standard InChI is InChI=1S/C20H32N2O3S/c1-15(2)18-10-6-9-17(4)20(18)22(26(5,24)25)13-11-19(23)21-12-7-8-16(3)14-21/h6,9-10,15-16H,7-8,11-14H2,1-5H3. The summed E-state index contributed by atoms with van der Waals surface area (Å²) >= 11 is 0. The van der Waals surface area contributed by atoms with E-state index in [0.29, 0.717) is 5.92 Å². The van der Waals surface area contributed by atoms with Crippen LogP contribution in [0.5, 0.6) is 0 Å². The smallest absolute Gasteiger partial charge is 0.232 e. The number of likely N-dealkylation sites (tertiary alicyclic amines) is 1. The molecule has 0 saturated carbocycles. The molecule has 6 heteroatoms. The molecule has 1 aliphatic rings. The van der Waals surface area contributed by atoms with Gasteiger partial charge >= 0.3 is 0 Å². The monoisotopic (exact) mass is 380 g/mol. The quantitative estimate of drug-likeness (QED) is 0.758. The van der Waals surface area contributed by atoms with E-state index in [-0.39, 0.29) is 24.8 Å². The van der Waals surface area contributed by atoms with Gasteiger partial charge in [0.05, 0.1) is 11.9 Å². The molecular weight excluding hydrogens is 348 g/mol. The fourth-order valence-electron chi connectivity index (χ4n) is 3.70. The summed E-state index contributed by atoms with van der Waals surface area (Å²) in [5.41, 5.74) is 2.64. The van der Waals surface area contributed by atoms with Gasteiger partial charge in [0.1, 0.15) is 0 Å². The number of hydrogen-bond donors (Lipinski definition) is 0. The zero-order valence-electron chi connectivity index (χ0n) is 16.7. The Labute approximate surface area is 158 Å². The van der Waals surface area contributed by atoms with Gasteiger partial charge in [-0.1, -0.05) is 39.0 Å². The number of para-hydroxylation sites is 1. The Morgan fingerprint density at radius 2 is 2.04 bits per heavy atom. The third-order valence-electron chi connectivity index (χ3n) is 5.08. The van der Waals surface area contributed by atoms with Gasteiger partial charge in [0.15, 0.2) is 0 Å². The fourth-order valence-corrected chi connectivity index (χ4v) is 4.71. The molecule has 1 heterocycles. The van der Waals surface area contributed by atoms with Gasteiger partial charge in [-0.3, -0.25) is 9.10 Å². The minimum atomic E-state index is -3.47. The zero-order chi connectivity index (χ0) is 19.5. The van der Waals surface area contributed by atoms with Crippen LogP contribution >= 0.6 is 0 Å². The average Bonchev–Trinajstić information content (AvgIpc) is 2.54. The van der Waals surface area contributed by atoms with Crippen LogP contribution in [0.4, 0.5) is 5.69 Å². The number of carbonyl (C=O) groups excluding carboxylic acids is 1. The van der Waals surface area contributed by atoms with Crippen LogP contribution in [0, 0.1) is 12.8 Å². The number of benzene rings is 1. The van der Waals surface area contributed by atoms with Crippen molar-refractivity contribution in [3.8, 4) is 0 Å². The first kappa shape index (κ1) is 20.7. The molecule has 2 rings (SSSR count). The molecule has 0 N–H and O–H groups in total. The third-order valence-corrected chi connectivity index (χ3v) is 6.24. The van der Waals surface area contributed by atoms with Gasteiger partial charge in [-0.05, 0) is 42.7 Å². The van der Waals surface area contributed by atoms with Crippen molar-refractivity contribution in [1.29, 1.82) is 0 Å². The SMILES string of the molecule is Cc1cccc(C(C)C)c1N(CCC(=O)N1CCCC(C)C1)S(C)(=O)=O. The van der Waals surface area contributed by atoms with E-state index in [1.807, 2.05) is 30.0 Å². The molecule has 146 valence electrons. The van der Waals surface area contributed by atoms with Crippen molar-refractivity contribution >= 4 is 21.6 Å². The Morgan fingerprint density at radius 1 is 1.35 bits per heavy atom. The van der Waals surface area contributed by atoms with Crippen LogP contribution in [0.25, 0.3) is 0 Å². The minimum Gasteiger partial charge on any atom is -0.342 e. The summed E-state index contributed by atoms with van der Waals surface area (Å²) in [7, 11) is -3.47. The molecule has 1 amide bonds. The average molecular weight is 381 g/mol.